The SMILES string of the molecule is Cc1nnc(Sc2ccc(C(C)N)cc2)n1C. The molecular formula is C12H16N4S. The molecule has 0 saturated heterocycles. The van der Waals surface area contributed by atoms with Crippen molar-refractivity contribution < 1.29 is 0 Å². The molecule has 0 spiro atoms. The molecule has 1 unspecified atom stereocenters. The highest BCUT2D eigenvalue weighted by Gasteiger charge is 2.07. The number of aromatic nitrogens is 3. The van der Waals surface area contributed by atoms with Gasteiger partial charge in [0.1, 0.15) is 5.82 Å². The molecule has 1 aromatic heterocycles. The van der Waals surface area contributed by atoms with Gasteiger partial charge in [-0.2, -0.15) is 0 Å². The van der Waals surface area contributed by atoms with Gasteiger partial charge in [-0.3, -0.25) is 0 Å². The minimum atomic E-state index is 0.0751. The highest BCUT2D eigenvalue weighted by atomic mass is 32.2. The van der Waals surface area contributed by atoms with Crippen LogP contribution >= 0.6 is 11.8 Å². The van der Waals surface area contributed by atoms with Gasteiger partial charge in [0.2, 0.25) is 0 Å². The lowest BCUT2D eigenvalue weighted by atomic mass is 10.1. The Morgan fingerprint density at radius 2 is 1.88 bits per heavy atom. The molecule has 1 aromatic carbocycles. The number of nitrogens with two attached hydrogens (primary N) is 1. The second-order valence-electron chi connectivity index (χ2n) is 4.05. The van der Waals surface area contributed by atoms with Gasteiger partial charge in [0.15, 0.2) is 5.16 Å². The highest BCUT2D eigenvalue weighted by Crippen LogP contribution is 2.26. The smallest absolute Gasteiger partial charge is 0.195 e. The first-order chi connectivity index (χ1) is 8.08. The molecule has 0 bridgehead atoms. The molecule has 5 heteroatoms. The predicted molar refractivity (Wildman–Crippen MR) is 68.9 cm³/mol. The maximum atomic E-state index is 5.81. The van der Waals surface area contributed by atoms with E-state index in [1.54, 1.807) is 11.8 Å². The molecule has 0 radical (unpaired) electrons. The van der Waals surface area contributed by atoms with Gasteiger partial charge in [0.25, 0.3) is 0 Å². The minimum absolute atomic E-state index is 0.0751. The molecule has 0 amide bonds. The van der Waals surface area contributed by atoms with E-state index >= 15 is 0 Å². The summed E-state index contributed by atoms with van der Waals surface area (Å²) in [6.45, 7) is 3.92. The predicted octanol–water partition coefficient (Wildman–Crippen LogP) is 2.29. The van der Waals surface area contributed by atoms with E-state index in [1.165, 1.54) is 0 Å². The standard InChI is InChI=1S/C12H16N4S/c1-8(13)10-4-6-11(7-5-10)17-12-15-14-9(2)16(12)3/h4-8H,13H2,1-3H3. The van der Waals surface area contributed by atoms with Gasteiger partial charge >= 0.3 is 0 Å². The van der Waals surface area contributed by atoms with Gasteiger partial charge in [0.05, 0.1) is 0 Å². The first-order valence-electron chi connectivity index (χ1n) is 5.47. The topological polar surface area (TPSA) is 56.7 Å². The van der Waals surface area contributed by atoms with Crippen LogP contribution in [0.5, 0.6) is 0 Å². The normalized spacial score (nSPS) is 12.7. The summed E-state index contributed by atoms with van der Waals surface area (Å²) in [5.41, 5.74) is 6.95. The second-order valence-corrected chi connectivity index (χ2v) is 5.09. The summed E-state index contributed by atoms with van der Waals surface area (Å²) in [4.78, 5) is 1.14. The van der Waals surface area contributed by atoms with Crippen LogP contribution in [0.4, 0.5) is 0 Å². The Morgan fingerprint density at radius 3 is 2.35 bits per heavy atom. The summed E-state index contributed by atoms with van der Waals surface area (Å²) in [7, 11) is 1.97. The van der Waals surface area contributed by atoms with E-state index in [2.05, 4.69) is 34.5 Å². The van der Waals surface area contributed by atoms with Crippen LogP contribution in [0.3, 0.4) is 0 Å². The number of aryl methyl sites for hydroxylation is 1. The first-order valence-corrected chi connectivity index (χ1v) is 6.29. The minimum Gasteiger partial charge on any atom is -0.324 e. The van der Waals surface area contributed by atoms with E-state index in [-0.39, 0.29) is 6.04 Å². The van der Waals surface area contributed by atoms with E-state index in [0.717, 1.165) is 21.4 Å². The lowest BCUT2D eigenvalue weighted by molar-refractivity contribution is 0.765. The second kappa shape index (κ2) is 4.89. The molecule has 2 aromatic rings. The first kappa shape index (κ1) is 12.1. The summed E-state index contributed by atoms with van der Waals surface area (Å²) in [6, 6.07) is 8.30. The molecule has 2 rings (SSSR count). The van der Waals surface area contributed by atoms with Gasteiger partial charge in [-0.25, -0.2) is 0 Å². The van der Waals surface area contributed by atoms with Crippen molar-refractivity contribution in [3.05, 3.63) is 35.7 Å². The van der Waals surface area contributed by atoms with Crippen LogP contribution in [-0.2, 0) is 7.05 Å². The molecule has 4 nitrogen and oxygen atoms in total. The van der Waals surface area contributed by atoms with Crippen molar-refractivity contribution in [1.82, 2.24) is 14.8 Å². The summed E-state index contributed by atoms with van der Waals surface area (Å²) in [5.74, 6) is 0.916. The molecular weight excluding hydrogens is 232 g/mol. The molecule has 17 heavy (non-hydrogen) atoms. The molecule has 0 aliphatic heterocycles. The largest absolute Gasteiger partial charge is 0.324 e. The van der Waals surface area contributed by atoms with Gasteiger partial charge in [-0.15, -0.1) is 10.2 Å². The van der Waals surface area contributed by atoms with Crippen molar-refractivity contribution in [2.24, 2.45) is 12.8 Å². The van der Waals surface area contributed by atoms with Crippen LogP contribution in [0.2, 0.25) is 0 Å². The zero-order valence-corrected chi connectivity index (χ0v) is 11.0. The summed E-state index contributed by atoms with van der Waals surface area (Å²) in [6.07, 6.45) is 0. The number of hydrogen-bond donors (Lipinski definition) is 1. The Morgan fingerprint density at radius 1 is 1.24 bits per heavy atom. The van der Waals surface area contributed by atoms with Crippen molar-refractivity contribution in [2.45, 2.75) is 29.9 Å². The fourth-order valence-electron chi connectivity index (χ4n) is 1.42. The fraction of sp³-hybridized carbons (Fsp3) is 0.333. The Bertz CT molecular complexity index is 502. The third-order valence-electron chi connectivity index (χ3n) is 2.67. The average molecular weight is 248 g/mol. The number of rotatable bonds is 3. The van der Waals surface area contributed by atoms with Crippen molar-refractivity contribution in [1.29, 1.82) is 0 Å². The van der Waals surface area contributed by atoms with Gasteiger partial charge in [-0.05, 0) is 43.3 Å². The summed E-state index contributed by atoms with van der Waals surface area (Å²) in [5, 5.41) is 9.05. The van der Waals surface area contributed by atoms with Crippen LogP contribution in [-0.4, -0.2) is 14.8 Å². The quantitative estimate of drug-likeness (QED) is 0.905. The number of nitrogens with zero attached hydrogens (tertiary/aromatic N) is 3. The third-order valence-corrected chi connectivity index (χ3v) is 3.71. The van der Waals surface area contributed by atoms with E-state index in [0.29, 0.717) is 0 Å². The van der Waals surface area contributed by atoms with Crippen molar-refractivity contribution >= 4 is 11.8 Å². The van der Waals surface area contributed by atoms with Crippen LogP contribution < -0.4 is 5.73 Å². The number of benzene rings is 1. The molecule has 0 fully saturated rings. The molecule has 0 aliphatic carbocycles. The molecule has 0 aliphatic rings. The molecule has 0 saturated carbocycles. The summed E-state index contributed by atoms with van der Waals surface area (Å²) < 4.78 is 1.98. The van der Waals surface area contributed by atoms with Crippen LogP contribution in [0.15, 0.2) is 34.3 Å². The monoisotopic (exact) mass is 248 g/mol. The van der Waals surface area contributed by atoms with Crippen LogP contribution in [0, 0.1) is 6.92 Å². The Kier molecular flexibility index (Phi) is 3.49. The van der Waals surface area contributed by atoms with Gasteiger partial charge in [-0.1, -0.05) is 12.1 Å². The molecule has 90 valence electrons. The van der Waals surface area contributed by atoms with Crippen LogP contribution in [0.25, 0.3) is 0 Å². The summed E-state index contributed by atoms with van der Waals surface area (Å²) >= 11 is 1.60. The molecule has 2 N–H and O–H groups in total. The maximum Gasteiger partial charge on any atom is 0.195 e. The van der Waals surface area contributed by atoms with Gasteiger partial charge in [0, 0.05) is 18.0 Å². The Balaban J connectivity index is 2.17. The zero-order valence-electron chi connectivity index (χ0n) is 10.2. The van der Waals surface area contributed by atoms with Crippen molar-refractivity contribution in [3.63, 3.8) is 0 Å². The lowest BCUT2D eigenvalue weighted by Crippen LogP contribution is -2.04. The van der Waals surface area contributed by atoms with Crippen molar-refractivity contribution in [3.8, 4) is 0 Å². The zero-order chi connectivity index (χ0) is 12.4. The Hall–Kier alpha value is -1.33. The average Bonchev–Trinajstić information content (AvgIpc) is 2.62. The lowest BCUT2D eigenvalue weighted by Gasteiger charge is -2.06. The molecule has 1 atom stereocenters. The number of hydrogen-bond acceptors (Lipinski definition) is 4. The van der Waals surface area contributed by atoms with Gasteiger partial charge < -0.3 is 10.3 Å². The van der Waals surface area contributed by atoms with E-state index < -0.39 is 0 Å². The maximum absolute atomic E-state index is 5.81. The van der Waals surface area contributed by atoms with Crippen molar-refractivity contribution in [2.75, 3.05) is 0 Å². The fourth-order valence-corrected chi connectivity index (χ4v) is 2.26. The highest BCUT2D eigenvalue weighted by molar-refractivity contribution is 7.99. The third kappa shape index (κ3) is 2.68. The van der Waals surface area contributed by atoms with E-state index in [1.807, 2.05) is 25.5 Å². The Labute approximate surface area is 105 Å². The van der Waals surface area contributed by atoms with E-state index in [4.69, 9.17) is 5.73 Å². The van der Waals surface area contributed by atoms with Crippen LogP contribution in [0.1, 0.15) is 24.4 Å². The van der Waals surface area contributed by atoms with E-state index in [9.17, 15) is 0 Å². The molecule has 1 heterocycles.